The molecule has 27 heavy (non-hydrogen) atoms. The summed E-state index contributed by atoms with van der Waals surface area (Å²) in [5, 5.41) is 4.69. The van der Waals surface area contributed by atoms with Gasteiger partial charge in [-0.3, -0.25) is 0 Å². The summed E-state index contributed by atoms with van der Waals surface area (Å²) in [7, 11) is 1.63. The second kappa shape index (κ2) is 7.76. The lowest BCUT2D eigenvalue weighted by Gasteiger charge is -2.34. The van der Waals surface area contributed by atoms with Gasteiger partial charge in [-0.05, 0) is 39.7 Å². The lowest BCUT2D eigenvalue weighted by atomic mass is 10.0. The number of nitrogens with zero attached hydrogens (tertiary/aromatic N) is 3. The molecule has 0 radical (unpaired) electrons. The van der Waals surface area contributed by atoms with Crippen molar-refractivity contribution >= 4 is 34.3 Å². The van der Waals surface area contributed by atoms with Crippen molar-refractivity contribution in [2.75, 3.05) is 25.5 Å². The average Bonchev–Trinajstić information content (AvgIpc) is 2.61. The van der Waals surface area contributed by atoms with E-state index in [1.807, 2.05) is 32.9 Å². The fourth-order valence-electron chi connectivity index (χ4n) is 3.09. The fourth-order valence-corrected chi connectivity index (χ4v) is 3.28. The Kier molecular flexibility index (Phi) is 5.60. The summed E-state index contributed by atoms with van der Waals surface area (Å²) in [5.41, 5.74) is 1.10. The van der Waals surface area contributed by atoms with Gasteiger partial charge in [0, 0.05) is 30.6 Å². The van der Waals surface area contributed by atoms with Crippen LogP contribution in [0.3, 0.4) is 0 Å². The summed E-state index contributed by atoms with van der Waals surface area (Å²) in [6.45, 7) is 6.92. The number of ether oxygens (including phenoxy) is 2. The largest absolute Gasteiger partial charge is 0.495 e. The number of methoxy groups -OCH3 is 1. The van der Waals surface area contributed by atoms with Crippen molar-refractivity contribution in [2.24, 2.45) is 0 Å². The first-order chi connectivity index (χ1) is 12.8. The topological polar surface area (TPSA) is 76.6 Å². The van der Waals surface area contributed by atoms with Gasteiger partial charge in [0.25, 0.3) is 0 Å². The Morgan fingerprint density at radius 1 is 1.26 bits per heavy atom. The molecule has 0 aliphatic carbocycles. The van der Waals surface area contributed by atoms with E-state index >= 15 is 0 Å². The van der Waals surface area contributed by atoms with E-state index in [9.17, 15) is 4.79 Å². The first-order valence-corrected chi connectivity index (χ1v) is 9.37. The van der Waals surface area contributed by atoms with Gasteiger partial charge in [0.05, 0.1) is 18.3 Å². The zero-order chi connectivity index (χ0) is 19.6. The van der Waals surface area contributed by atoms with Crippen LogP contribution in [-0.2, 0) is 4.74 Å². The molecule has 2 aromatic rings. The molecule has 0 unspecified atom stereocenters. The maximum atomic E-state index is 12.2. The molecule has 1 aromatic heterocycles. The van der Waals surface area contributed by atoms with Crippen LogP contribution in [0.5, 0.6) is 5.75 Å². The highest BCUT2D eigenvalue weighted by molar-refractivity contribution is 6.34. The molecule has 1 aliphatic rings. The van der Waals surface area contributed by atoms with Gasteiger partial charge in [0.1, 0.15) is 22.8 Å². The number of hydrogen-bond donors (Lipinski definition) is 1. The van der Waals surface area contributed by atoms with Gasteiger partial charge >= 0.3 is 6.09 Å². The van der Waals surface area contributed by atoms with Crippen LogP contribution in [0, 0.1) is 0 Å². The lowest BCUT2D eigenvalue weighted by Crippen LogP contribution is -2.44. The van der Waals surface area contributed by atoms with E-state index in [-0.39, 0.29) is 12.1 Å². The SMILES string of the molecule is COc1cc2ncnc(Cl)c2cc1NC1CCN(C(=O)OC(C)(C)C)CC1. The zero-order valence-electron chi connectivity index (χ0n) is 16.1. The number of carbonyl (C=O) groups is 1. The second-order valence-corrected chi connectivity index (χ2v) is 7.98. The number of rotatable bonds is 3. The van der Waals surface area contributed by atoms with Crippen LogP contribution in [0.1, 0.15) is 33.6 Å². The van der Waals surface area contributed by atoms with Crippen molar-refractivity contribution in [1.82, 2.24) is 14.9 Å². The van der Waals surface area contributed by atoms with Crippen LogP contribution in [-0.4, -0.2) is 52.8 Å². The average molecular weight is 393 g/mol. The van der Waals surface area contributed by atoms with Crippen LogP contribution in [0.25, 0.3) is 10.9 Å². The number of likely N-dealkylation sites (tertiary alicyclic amines) is 1. The van der Waals surface area contributed by atoms with Crippen LogP contribution in [0.4, 0.5) is 10.5 Å². The molecule has 0 spiro atoms. The molecular formula is C19H25ClN4O3. The molecule has 7 nitrogen and oxygen atoms in total. The van der Waals surface area contributed by atoms with E-state index in [2.05, 4.69) is 15.3 Å². The Hall–Kier alpha value is -2.28. The normalized spacial score (nSPS) is 15.7. The molecule has 1 amide bonds. The first-order valence-electron chi connectivity index (χ1n) is 8.99. The summed E-state index contributed by atoms with van der Waals surface area (Å²) in [6.07, 6.45) is 2.82. The number of nitrogens with one attached hydrogen (secondary N) is 1. The third-order valence-corrected chi connectivity index (χ3v) is 4.72. The minimum absolute atomic E-state index is 0.221. The summed E-state index contributed by atoms with van der Waals surface area (Å²) in [5.74, 6) is 0.701. The van der Waals surface area contributed by atoms with E-state index in [4.69, 9.17) is 21.1 Å². The third-order valence-electron chi connectivity index (χ3n) is 4.41. The van der Waals surface area contributed by atoms with Crippen molar-refractivity contribution in [1.29, 1.82) is 0 Å². The van der Waals surface area contributed by atoms with Gasteiger partial charge < -0.3 is 19.7 Å². The molecule has 1 fully saturated rings. The zero-order valence-corrected chi connectivity index (χ0v) is 16.8. The van der Waals surface area contributed by atoms with Gasteiger partial charge in [0.15, 0.2) is 0 Å². The molecule has 0 atom stereocenters. The molecule has 0 bridgehead atoms. The van der Waals surface area contributed by atoms with Crippen LogP contribution in [0.2, 0.25) is 5.15 Å². The highest BCUT2D eigenvalue weighted by Crippen LogP contribution is 2.33. The molecule has 8 heteroatoms. The number of hydrogen-bond acceptors (Lipinski definition) is 6. The number of carbonyl (C=O) groups excluding carboxylic acids is 1. The van der Waals surface area contributed by atoms with Gasteiger partial charge in [-0.1, -0.05) is 11.6 Å². The quantitative estimate of drug-likeness (QED) is 0.792. The molecule has 1 aliphatic heterocycles. The predicted molar refractivity (Wildman–Crippen MR) is 106 cm³/mol. The maximum absolute atomic E-state index is 12.2. The number of aromatic nitrogens is 2. The molecule has 1 aromatic carbocycles. The molecule has 3 rings (SSSR count). The summed E-state index contributed by atoms with van der Waals surface area (Å²) < 4.78 is 10.9. The Labute approximate surface area is 164 Å². The molecule has 0 saturated carbocycles. The van der Waals surface area contributed by atoms with Gasteiger partial charge in [-0.2, -0.15) is 0 Å². The number of amides is 1. The number of halogens is 1. The Morgan fingerprint density at radius 2 is 1.96 bits per heavy atom. The number of piperidine rings is 1. The minimum Gasteiger partial charge on any atom is -0.495 e. The van der Waals surface area contributed by atoms with Crippen LogP contribution >= 0.6 is 11.6 Å². The lowest BCUT2D eigenvalue weighted by molar-refractivity contribution is 0.0210. The highest BCUT2D eigenvalue weighted by atomic mass is 35.5. The second-order valence-electron chi connectivity index (χ2n) is 7.62. The van der Waals surface area contributed by atoms with E-state index in [1.54, 1.807) is 12.0 Å². The smallest absolute Gasteiger partial charge is 0.410 e. The highest BCUT2D eigenvalue weighted by Gasteiger charge is 2.27. The predicted octanol–water partition coefficient (Wildman–Crippen LogP) is 4.10. The van der Waals surface area contributed by atoms with Gasteiger partial charge in [-0.15, -0.1) is 0 Å². The summed E-state index contributed by atoms with van der Waals surface area (Å²) >= 11 is 6.20. The van der Waals surface area contributed by atoms with E-state index in [0.717, 1.165) is 29.4 Å². The van der Waals surface area contributed by atoms with Gasteiger partial charge in [-0.25, -0.2) is 14.8 Å². The van der Waals surface area contributed by atoms with Crippen molar-refractivity contribution in [3.63, 3.8) is 0 Å². The van der Waals surface area contributed by atoms with Crippen molar-refractivity contribution < 1.29 is 14.3 Å². The number of fused-ring (bicyclic) bond motifs is 1. The Bertz CT molecular complexity index is 830. The molecule has 146 valence electrons. The molecule has 2 heterocycles. The number of benzene rings is 1. The van der Waals surface area contributed by atoms with Crippen molar-refractivity contribution in [3.05, 3.63) is 23.6 Å². The monoisotopic (exact) mass is 392 g/mol. The van der Waals surface area contributed by atoms with Crippen LogP contribution in [0.15, 0.2) is 18.5 Å². The standard InChI is InChI=1S/C19H25ClN4O3/c1-19(2,3)27-18(25)24-7-5-12(6-8-24)23-15-9-13-14(10-16(15)26-4)21-11-22-17(13)20/h9-12,23H,5-8H2,1-4H3. The van der Waals surface area contributed by atoms with E-state index < -0.39 is 5.60 Å². The van der Waals surface area contributed by atoms with Crippen LogP contribution < -0.4 is 10.1 Å². The third kappa shape index (κ3) is 4.71. The maximum Gasteiger partial charge on any atom is 0.410 e. The first kappa shape index (κ1) is 19.5. The molecule has 1 N–H and O–H groups in total. The summed E-state index contributed by atoms with van der Waals surface area (Å²) in [6, 6.07) is 3.98. The Morgan fingerprint density at radius 3 is 2.59 bits per heavy atom. The number of anilines is 1. The van der Waals surface area contributed by atoms with Gasteiger partial charge in [0.2, 0.25) is 0 Å². The van der Waals surface area contributed by atoms with Crippen molar-refractivity contribution in [2.45, 2.75) is 45.3 Å². The molecular weight excluding hydrogens is 368 g/mol. The summed E-state index contributed by atoms with van der Waals surface area (Å²) in [4.78, 5) is 22.2. The fraction of sp³-hybridized carbons (Fsp3) is 0.526. The molecule has 1 saturated heterocycles. The van der Waals surface area contributed by atoms with Crippen molar-refractivity contribution in [3.8, 4) is 5.75 Å². The Balaban J connectivity index is 1.68. The van der Waals surface area contributed by atoms with E-state index in [0.29, 0.717) is 24.0 Å². The minimum atomic E-state index is -0.480. The van der Waals surface area contributed by atoms with E-state index in [1.165, 1.54) is 6.33 Å².